The highest BCUT2D eigenvalue weighted by Gasteiger charge is 2.35. The van der Waals surface area contributed by atoms with Crippen molar-refractivity contribution in [1.82, 2.24) is 14.8 Å². The summed E-state index contributed by atoms with van der Waals surface area (Å²) in [6, 6.07) is 13.5. The molecule has 2 amide bonds. The molecule has 1 atom stereocenters. The minimum absolute atomic E-state index is 0.0235. The molecule has 0 N–H and O–H groups in total. The lowest BCUT2D eigenvalue weighted by molar-refractivity contribution is -0.140. The molecule has 186 valence electrons. The van der Waals surface area contributed by atoms with E-state index in [2.05, 4.69) is 30.9 Å². The molecule has 0 radical (unpaired) electrons. The van der Waals surface area contributed by atoms with E-state index in [9.17, 15) is 9.59 Å². The van der Waals surface area contributed by atoms with Crippen LogP contribution in [0.3, 0.4) is 0 Å². The average Bonchev–Trinajstić information content (AvgIpc) is 3.29. The third-order valence-corrected chi connectivity index (χ3v) is 7.18. The molecule has 0 bridgehead atoms. The fraction of sp³-hybridized carbons (Fsp3) is 0.444. The Balaban J connectivity index is 1.56. The summed E-state index contributed by atoms with van der Waals surface area (Å²) in [5, 5.41) is 6.89. The first kappa shape index (κ1) is 25.4. The van der Waals surface area contributed by atoms with Gasteiger partial charge in [-0.2, -0.15) is 5.10 Å². The molecular formula is C27H33ClN4O3. The number of morpholine rings is 1. The molecule has 1 saturated heterocycles. The van der Waals surface area contributed by atoms with Crippen LogP contribution in [0.1, 0.15) is 41.6 Å². The van der Waals surface area contributed by atoms with Crippen molar-refractivity contribution >= 4 is 29.1 Å². The van der Waals surface area contributed by atoms with E-state index in [-0.39, 0.29) is 24.4 Å². The third-order valence-electron chi connectivity index (χ3n) is 6.83. The maximum absolute atomic E-state index is 13.6. The minimum Gasteiger partial charge on any atom is -0.379 e. The van der Waals surface area contributed by atoms with Gasteiger partial charge in [0.15, 0.2) is 0 Å². The van der Waals surface area contributed by atoms with E-state index in [0.29, 0.717) is 37.7 Å². The fourth-order valence-electron chi connectivity index (χ4n) is 4.49. The molecule has 8 heteroatoms. The van der Waals surface area contributed by atoms with Gasteiger partial charge in [0.25, 0.3) is 5.91 Å². The summed E-state index contributed by atoms with van der Waals surface area (Å²) >= 11 is 6.54. The number of carbonyl (C=O) groups is 2. The van der Waals surface area contributed by atoms with Gasteiger partial charge in [0.1, 0.15) is 6.54 Å². The summed E-state index contributed by atoms with van der Waals surface area (Å²) in [5.41, 5.74) is 5.08. The number of aryl methyl sites for hydroxylation is 2. The largest absolute Gasteiger partial charge is 0.379 e. The molecule has 1 fully saturated rings. The van der Waals surface area contributed by atoms with Gasteiger partial charge in [-0.1, -0.05) is 41.9 Å². The molecule has 2 aromatic carbocycles. The topological polar surface area (TPSA) is 65.5 Å². The highest BCUT2D eigenvalue weighted by Crippen LogP contribution is 2.36. The summed E-state index contributed by atoms with van der Waals surface area (Å²) in [5.74, 6) is -0.343. The Kier molecular flexibility index (Phi) is 8.21. The van der Waals surface area contributed by atoms with Crippen LogP contribution < -0.4 is 0 Å². The molecule has 0 spiro atoms. The molecule has 7 nitrogen and oxygen atoms in total. The second-order valence-corrected chi connectivity index (χ2v) is 9.63. The quantitative estimate of drug-likeness (QED) is 0.584. The normalized spacial score (nSPS) is 18.5. The van der Waals surface area contributed by atoms with Crippen molar-refractivity contribution in [2.75, 3.05) is 45.9 Å². The van der Waals surface area contributed by atoms with Crippen LogP contribution in [-0.4, -0.2) is 78.3 Å². The summed E-state index contributed by atoms with van der Waals surface area (Å²) in [6.07, 6.45) is 0.561. The molecule has 2 aliphatic rings. The van der Waals surface area contributed by atoms with Crippen LogP contribution in [0.4, 0.5) is 0 Å². The lowest BCUT2D eigenvalue weighted by atomic mass is 9.96. The summed E-state index contributed by atoms with van der Waals surface area (Å²) in [4.78, 5) is 29.8. The van der Waals surface area contributed by atoms with Crippen LogP contribution in [0.5, 0.6) is 0 Å². The minimum atomic E-state index is -0.319. The highest BCUT2D eigenvalue weighted by atomic mass is 35.5. The van der Waals surface area contributed by atoms with Gasteiger partial charge in [-0.05, 0) is 48.2 Å². The van der Waals surface area contributed by atoms with Gasteiger partial charge in [-0.15, -0.1) is 0 Å². The van der Waals surface area contributed by atoms with Crippen molar-refractivity contribution in [3.63, 3.8) is 0 Å². The predicted molar refractivity (Wildman–Crippen MR) is 138 cm³/mol. The number of rotatable bonds is 7. The van der Waals surface area contributed by atoms with E-state index in [1.807, 2.05) is 30.3 Å². The lowest BCUT2D eigenvalue weighted by Crippen LogP contribution is -2.45. The maximum atomic E-state index is 13.6. The molecule has 2 heterocycles. The van der Waals surface area contributed by atoms with Crippen molar-refractivity contribution < 1.29 is 14.3 Å². The van der Waals surface area contributed by atoms with Gasteiger partial charge in [-0.3, -0.25) is 14.5 Å². The zero-order valence-corrected chi connectivity index (χ0v) is 21.4. The van der Waals surface area contributed by atoms with Crippen molar-refractivity contribution in [2.45, 2.75) is 33.2 Å². The molecule has 2 aromatic rings. The Labute approximate surface area is 212 Å². The molecule has 1 unspecified atom stereocenters. The molecule has 35 heavy (non-hydrogen) atoms. The van der Waals surface area contributed by atoms with Crippen molar-refractivity contribution in [1.29, 1.82) is 0 Å². The van der Waals surface area contributed by atoms with Gasteiger partial charge < -0.3 is 9.64 Å². The molecule has 0 aliphatic carbocycles. The van der Waals surface area contributed by atoms with Crippen LogP contribution in [0.25, 0.3) is 0 Å². The molecular weight excluding hydrogens is 464 g/mol. The lowest BCUT2D eigenvalue weighted by Gasteiger charge is -2.30. The number of ether oxygens (including phenoxy) is 1. The van der Waals surface area contributed by atoms with Crippen LogP contribution in [0, 0.1) is 13.8 Å². The van der Waals surface area contributed by atoms with Gasteiger partial charge in [0.2, 0.25) is 5.91 Å². The summed E-state index contributed by atoms with van der Waals surface area (Å²) in [6.45, 7) is 9.89. The van der Waals surface area contributed by atoms with Gasteiger partial charge in [0, 0.05) is 44.5 Å². The number of benzene rings is 2. The van der Waals surface area contributed by atoms with Gasteiger partial charge >= 0.3 is 0 Å². The Morgan fingerprint density at radius 3 is 2.54 bits per heavy atom. The Morgan fingerprint density at radius 1 is 1.11 bits per heavy atom. The third kappa shape index (κ3) is 6.10. The van der Waals surface area contributed by atoms with E-state index < -0.39 is 0 Å². The highest BCUT2D eigenvalue weighted by molar-refractivity contribution is 6.31. The van der Waals surface area contributed by atoms with Gasteiger partial charge in [-0.25, -0.2) is 5.01 Å². The van der Waals surface area contributed by atoms with Crippen molar-refractivity contribution in [3.05, 3.63) is 69.7 Å². The Hall–Kier alpha value is -2.74. The van der Waals surface area contributed by atoms with Crippen molar-refractivity contribution in [2.24, 2.45) is 5.10 Å². The molecule has 0 saturated carbocycles. The van der Waals surface area contributed by atoms with E-state index in [4.69, 9.17) is 21.4 Å². The Bertz CT molecular complexity index is 1110. The SMILES string of the molecule is CC(=O)N(CCN1CCOCC1)CC(=O)N1N=C(c2ccc(C)c(C)c2)CC1c1ccccc1Cl. The van der Waals surface area contributed by atoms with Crippen LogP contribution >= 0.6 is 11.6 Å². The first-order valence-electron chi connectivity index (χ1n) is 12.1. The number of hydrazone groups is 1. The van der Waals surface area contributed by atoms with Crippen LogP contribution in [0.2, 0.25) is 5.02 Å². The van der Waals surface area contributed by atoms with E-state index in [1.54, 1.807) is 4.90 Å². The molecule has 0 aromatic heterocycles. The van der Waals surface area contributed by atoms with E-state index in [1.165, 1.54) is 23.1 Å². The van der Waals surface area contributed by atoms with E-state index in [0.717, 1.165) is 29.9 Å². The maximum Gasteiger partial charge on any atom is 0.262 e. The zero-order valence-electron chi connectivity index (χ0n) is 20.7. The number of carbonyl (C=O) groups excluding carboxylic acids is 2. The monoisotopic (exact) mass is 496 g/mol. The first-order chi connectivity index (χ1) is 16.8. The predicted octanol–water partition coefficient (Wildman–Crippen LogP) is 3.82. The number of amides is 2. The second kappa shape index (κ2) is 11.3. The number of hydrogen-bond donors (Lipinski definition) is 0. The zero-order chi connectivity index (χ0) is 24.9. The smallest absolute Gasteiger partial charge is 0.262 e. The van der Waals surface area contributed by atoms with E-state index >= 15 is 0 Å². The van der Waals surface area contributed by atoms with Crippen molar-refractivity contribution in [3.8, 4) is 0 Å². The second-order valence-electron chi connectivity index (χ2n) is 9.22. The standard InChI is InChI=1S/C27H33ClN4O3/c1-19-8-9-22(16-20(19)2)25-17-26(23-6-4-5-7-24(23)28)32(29-25)27(34)18-31(21(3)33)11-10-30-12-14-35-15-13-30/h4-9,16,26H,10-15,17-18H2,1-3H3. The number of hydrogen-bond acceptors (Lipinski definition) is 5. The first-order valence-corrected chi connectivity index (χ1v) is 12.5. The summed E-state index contributed by atoms with van der Waals surface area (Å²) in [7, 11) is 0. The Morgan fingerprint density at radius 2 is 1.86 bits per heavy atom. The molecule has 4 rings (SSSR count). The number of halogens is 1. The van der Waals surface area contributed by atoms with Gasteiger partial charge in [0.05, 0.1) is 25.0 Å². The summed E-state index contributed by atoms with van der Waals surface area (Å²) < 4.78 is 5.40. The van der Waals surface area contributed by atoms with Crippen LogP contribution in [-0.2, 0) is 14.3 Å². The average molecular weight is 497 g/mol. The molecule has 2 aliphatic heterocycles. The number of nitrogens with zero attached hydrogens (tertiary/aromatic N) is 4. The van der Waals surface area contributed by atoms with Crippen LogP contribution in [0.15, 0.2) is 47.6 Å². The fourth-order valence-corrected chi connectivity index (χ4v) is 4.76.